The van der Waals surface area contributed by atoms with Gasteiger partial charge in [-0.3, -0.25) is 52.9 Å². The van der Waals surface area contributed by atoms with Crippen molar-refractivity contribution in [2.24, 2.45) is 33.8 Å². The van der Waals surface area contributed by atoms with Gasteiger partial charge in [-0.1, -0.05) is 146 Å². The average Bonchev–Trinajstić information content (AvgIpc) is 3.95. The third-order valence-corrected chi connectivity index (χ3v) is 18.0. The molecule has 10 amide bonds. The van der Waals surface area contributed by atoms with Crippen LogP contribution >= 0.6 is 21.6 Å². The largest absolute Gasteiger partial charge is 0.370 e. The van der Waals surface area contributed by atoms with E-state index in [0.717, 1.165) is 19.3 Å². The summed E-state index contributed by atoms with van der Waals surface area (Å²) in [7, 11) is 2.60. The molecule has 0 bridgehead atoms. The summed E-state index contributed by atoms with van der Waals surface area (Å²) >= 11 is 0. The number of likely N-dealkylation sites (tertiary alicyclic amines) is 1. The number of nitrogens with one attached hydrogen (secondary N) is 7. The highest BCUT2D eigenvalue weighted by molar-refractivity contribution is 8.77. The summed E-state index contributed by atoms with van der Waals surface area (Å²) in [4.78, 5) is 146. The van der Waals surface area contributed by atoms with Crippen LogP contribution in [-0.4, -0.2) is 142 Å². The van der Waals surface area contributed by atoms with Gasteiger partial charge in [-0.05, 0) is 61.1 Å². The van der Waals surface area contributed by atoms with E-state index in [1.54, 1.807) is 44.2 Å². The Balaban J connectivity index is 1.39. The van der Waals surface area contributed by atoms with Gasteiger partial charge in [0, 0.05) is 42.3 Å². The fourth-order valence-corrected chi connectivity index (χ4v) is 13.9. The normalized spacial score (nSPS) is 22.5. The minimum atomic E-state index is -1.67. The number of carbonyl (C=O) groups is 10. The third kappa shape index (κ3) is 18.7. The van der Waals surface area contributed by atoms with Crippen LogP contribution in [-0.2, 0) is 54.4 Å². The summed E-state index contributed by atoms with van der Waals surface area (Å²) in [6.07, 6.45) is 3.61. The minimum Gasteiger partial charge on any atom is -0.370 e. The maximum Gasteiger partial charge on any atom is 0.246 e. The number of nitrogens with zero attached hydrogens (tertiary/aromatic N) is 2. The third-order valence-electron chi connectivity index (χ3n) is 14.6. The van der Waals surface area contributed by atoms with Crippen molar-refractivity contribution in [1.82, 2.24) is 42.1 Å². The fourth-order valence-electron chi connectivity index (χ4n) is 10.5. The lowest BCUT2D eigenvalue weighted by Crippen LogP contribution is -2.62. The maximum atomic E-state index is 15.3. The molecule has 442 valence electrons. The lowest BCUT2D eigenvalue weighted by Gasteiger charge is -2.37. The van der Waals surface area contributed by atoms with Crippen molar-refractivity contribution >= 4 is 86.6 Å². The van der Waals surface area contributed by atoms with Gasteiger partial charge in [-0.15, -0.1) is 0 Å². The van der Waals surface area contributed by atoms with E-state index in [4.69, 9.17) is 22.9 Å². The van der Waals surface area contributed by atoms with Crippen molar-refractivity contribution in [3.05, 3.63) is 108 Å². The highest BCUT2D eigenvalue weighted by atomic mass is 33.1. The van der Waals surface area contributed by atoms with Crippen molar-refractivity contribution in [1.29, 1.82) is 0 Å². The number of amides is 10. The topological polar surface area (TPSA) is 375 Å². The molecule has 3 fully saturated rings. The Bertz CT molecular complexity index is 2710. The number of carbonyl (C=O) groups excluding carboxylic acids is 10. The van der Waals surface area contributed by atoms with E-state index >= 15 is 9.59 Å². The fraction of sp³-hybridized carbons (Fsp3) is 0.491. The average molecular weight is 1170 g/mol. The SMILES string of the molecule is CC(C)[C@@H]1NC(=O)[C@H](Cc2ccccc2)NC(=O)[C@@H](C(c2ccccc2)c2ccccc2)NC(=O)CC2(CCCCC2)SSC[C@@H](C(=O)N2CCC[C@H]2C(=O)N[C@@H](CCCN=C(N)N)C(=O)NCC(N)=O)NC(=O)[C@H](CC(N)=O)NC1=O. The molecule has 2 heterocycles. The maximum absolute atomic E-state index is 15.3. The number of rotatable bonds is 18. The van der Waals surface area contributed by atoms with Crippen LogP contribution in [0.25, 0.3) is 0 Å². The lowest BCUT2D eigenvalue weighted by molar-refractivity contribution is -0.142. The smallest absolute Gasteiger partial charge is 0.246 e. The minimum absolute atomic E-state index is 0.0287. The molecular formula is C57H77N13O10S2. The Morgan fingerprint density at radius 1 is 0.707 bits per heavy atom. The number of primary amides is 2. The van der Waals surface area contributed by atoms with Crippen molar-refractivity contribution in [2.45, 2.75) is 144 Å². The Hall–Kier alpha value is -7.67. The number of aliphatic imine (C=N–C) groups is 1. The zero-order valence-electron chi connectivity index (χ0n) is 46.3. The number of benzene rings is 3. The van der Waals surface area contributed by atoms with Gasteiger partial charge in [-0.25, -0.2) is 0 Å². The van der Waals surface area contributed by atoms with Gasteiger partial charge >= 0.3 is 0 Å². The molecule has 1 saturated carbocycles. The van der Waals surface area contributed by atoms with Gasteiger partial charge in [0.25, 0.3) is 0 Å². The van der Waals surface area contributed by atoms with Crippen molar-refractivity contribution < 1.29 is 47.9 Å². The molecule has 0 unspecified atom stereocenters. The van der Waals surface area contributed by atoms with Gasteiger partial charge in [0.05, 0.1) is 13.0 Å². The molecule has 0 aromatic heterocycles. The molecule has 3 aliphatic rings. The van der Waals surface area contributed by atoms with Gasteiger partial charge in [-0.2, -0.15) is 0 Å². The lowest BCUT2D eigenvalue weighted by atomic mass is 9.83. The summed E-state index contributed by atoms with van der Waals surface area (Å²) in [5, 5.41) is 19.3. The van der Waals surface area contributed by atoms with Gasteiger partial charge < -0.3 is 65.1 Å². The molecule has 2 aliphatic heterocycles. The van der Waals surface area contributed by atoms with Crippen LogP contribution in [0.15, 0.2) is 96.0 Å². The van der Waals surface area contributed by atoms with Crippen LogP contribution in [0, 0.1) is 5.92 Å². The van der Waals surface area contributed by atoms with Crippen molar-refractivity contribution in [3.63, 3.8) is 0 Å². The summed E-state index contributed by atoms with van der Waals surface area (Å²) in [5.41, 5.74) is 24.0. The molecule has 6 rings (SSSR count). The molecule has 23 nitrogen and oxygen atoms in total. The summed E-state index contributed by atoms with van der Waals surface area (Å²) < 4.78 is -0.743. The van der Waals surface area contributed by atoms with E-state index in [1.807, 2.05) is 60.7 Å². The molecule has 0 radical (unpaired) electrons. The first-order valence-electron chi connectivity index (χ1n) is 27.7. The van der Waals surface area contributed by atoms with Gasteiger partial charge in [0.2, 0.25) is 59.1 Å². The summed E-state index contributed by atoms with van der Waals surface area (Å²) in [5.74, 6) is -9.30. The van der Waals surface area contributed by atoms with Crippen LogP contribution in [0.5, 0.6) is 0 Å². The van der Waals surface area contributed by atoms with E-state index in [2.05, 4.69) is 42.2 Å². The molecule has 15 N–H and O–H groups in total. The van der Waals surface area contributed by atoms with E-state index in [0.29, 0.717) is 36.0 Å². The first kappa shape index (κ1) is 63.5. The van der Waals surface area contributed by atoms with Crippen LogP contribution in [0.3, 0.4) is 0 Å². The van der Waals surface area contributed by atoms with Crippen molar-refractivity contribution in [2.75, 3.05) is 25.4 Å². The highest BCUT2D eigenvalue weighted by Crippen LogP contribution is 2.48. The Kier molecular flexibility index (Phi) is 24.0. The molecule has 3 aromatic carbocycles. The monoisotopic (exact) mass is 1170 g/mol. The molecular weight excluding hydrogens is 1090 g/mol. The second kappa shape index (κ2) is 31.0. The summed E-state index contributed by atoms with van der Waals surface area (Å²) in [6, 6.07) is 18.1. The summed E-state index contributed by atoms with van der Waals surface area (Å²) in [6.45, 7) is 2.99. The predicted octanol–water partition coefficient (Wildman–Crippen LogP) is 0.635. The van der Waals surface area contributed by atoms with E-state index < -0.39 is 131 Å². The van der Waals surface area contributed by atoms with Crippen LogP contribution in [0.4, 0.5) is 0 Å². The predicted molar refractivity (Wildman–Crippen MR) is 312 cm³/mol. The first-order chi connectivity index (χ1) is 39.2. The molecule has 1 spiro atoms. The molecule has 25 heteroatoms. The Labute approximate surface area is 485 Å². The molecule has 82 heavy (non-hydrogen) atoms. The van der Waals surface area contributed by atoms with Crippen LogP contribution in [0.2, 0.25) is 0 Å². The van der Waals surface area contributed by atoms with Gasteiger partial charge in [0.15, 0.2) is 5.96 Å². The van der Waals surface area contributed by atoms with Gasteiger partial charge in [0.1, 0.15) is 42.3 Å². The van der Waals surface area contributed by atoms with E-state index in [9.17, 15) is 38.4 Å². The highest BCUT2D eigenvalue weighted by Gasteiger charge is 2.43. The zero-order valence-corrected chi connectivity index (χ0v) is 47.9. The molecule has 2 saturated heterocycles. The van der Waals surface area contributed by atoms with Crippen molar-refractivity contribution in [3.8, 4) is 0 Å². The van der Waals surface area contributed by atoms with Crippen LogP contribution in [0.1, 0.15) is 107 Å². The molecule has 7 atom stereocenters. The number of nitrogens with two attached hydrogens (primary N) is 4. The Morgan fingerprint density at radius 3 is 1.90 bits per heavy atom. The standard InChI is InChI=1S/C57H77N13O10S2/c1-34(2)47-53(78)66-40(30-43(58)71)50(75)67-41(55(80)70-28-16-24-42(70)52(77)64-38(23-15-27-62-56(60)61)49(74)63-32-44(59)72)33-81-82-57(25-13-6-14-26-57)31-45(73)68-48(46(36-19-9-4-10-20-36)37-21-11-5-12-22-37)54(79)65-39(51(76)69-47)29-35-17-7-3-8-18-35/h3-5,7-12,17-22,34,38-42,46-48H,6,13-16,23-33H2,1-2H3,(H2,58,71)(H2,59,72)(H,63,74)(H,64,77)(H,65,79)(H,66,78)(H,67,75)(H,68,73)(H,69,76)(H4,60,61,62)/t38-,39-,40-,41-,42-,47-,48+/m0/s1. The number of hydrogen-bond donors (Lipinski definition) is 11. The first-order valence-corrected chi connectivity index (χ1v) is 30.0. The van der Waals surface area contributed by atoms with E-state index in [1.165, 1.54) is 26.5 Å². The number of guanidine groups is 1. The van der Waals surface area contributed by atoms with E-state index in [-0.39, 0.29) is 56.9 Å². The second-order valence-corrected chi connectivity index (χ2v) is 24.1. The van der Waals surface area contributed by atoms with Crippen LogP contribution < -0.4 is 60.2 Å². The second-order valence-electron chi connectivity index (χ2n) is 21.3. The number of hydrogen-bond acceptors (Lipinski definition) is 13. The Morgan fingerprint density at radius 2 is 1.30 bits per heavy atom. The molecule has 3 aromatic rings. The molecule has 1 aliphatic carbocycles. The quantitative estimate of drug-likeness (QED) is 0.0361. The zero-order chi connectivity index (χ0) is 59.3.